The van der Waals surface area contributed by atoms with E-state index in [-0.39, 0.29) is 17.4 Å². The van der Waals surface area contributed by atoms with Crippen molar-refractivity contribution >= 4 is 23.5 Å². The van der Waals surface area contributed by atoms with Crippen molar-refractivity contribution in [3.05, 3.63) is 46.6 Å². The number of carbonyl (C=O) groups is 1. The molecule has 1 saturated heterocycles. The minimum absolute atomic E-state index is 0.109. The van der Waals surface area contributed by atoms with Gasteiger partial charge in [0, 0.05) is 17.2 Å². The lowest BCUT2D eigenvalue weighted by Gasteiger charge is -2.19. The third-order valence-electron chi connectivity index (χ3n) is 5.70. The predicted molar refractivity (Wildman–Crippen MR) is 122 cm³/mol. The molecular formula is C24H31N3O2S. The third kappa shape index (κ3) is 5.08. The van der Waals surface area contributed by atoms with E-state index in [4.69, 9.17) is 4.74 Å². The lowest BCUT2D eigenvalue weighted by molar-refractivity contribution is -0.113. The van der Waals surface area contributed by atoms with E-state index in [2.05, 4.69) is 56.4 Å². The van der Waals surface area contributed by atoms with Crippen LogP contribution in [0.15, 0.2) is 29.2 Å². The molecule has 160 valence electrons. The van der Waals surface area contributed by atoms with Gasteiger partial charge in [0.15, 0.2) is 0 Å². The Labute approximate surface area is 183 Å². The highest BCUT2D eigenvalue weighted by molar-refractivity contribution is 8.00. The van der Waals surface area contributed by atoms with E-state index >= 15 is 0 Å². The van der Waals surface area contributed by atoms with Crippen molar-refractivity contribution in [2.75, 3.05) is 17.7 Å². The monoisotopic (exact) mass is 425 g/mol. The first-order chi connectivity index (χ1) is 14.2. The topological polar surface area (TPSA) is 67.0 Å². The summed E-state index contributed by atoms with van der Waals surface area (Å²) in [6, 6.07) is 10.6. The summed E-state index contributed by atoms with van der Waals surface area (Å²) in [5.74, 6) is 0.780. The van der Waals surface area contributed by atoms with Crippen LogP contribution in [0.4, 0.5) is 5.82 Å². The van der Waals surface area contributed by atoms with Gasteiger partial charge in [-0.3, -0.25) is 4.79 Å². The van der Waals surface area contributed by atoms with Gasteiger partial charge in [-0.1, -0.05) is 32.9 Å². The van der Waals surface area contributed by atoms with Crippen LogP contribution in [0.5, 0.6) is 0 Å². The number of rotatable bonds is 6. The maximum absolute atomic E-state index is 12.7. The summed E-state index contributed by atoms with van der Waals surface area (Å²) < 4.78 is 7.81. The van der Waals surface area contributed by atoms with Gasteiger partial charge in [0.25, 0.3) is 0 Å². The molecule has 0 radical (unpaired) electrons. The molecule has 0 aliphatic carbocycles. The Morgan fingerprint density at radius 2 is 2.00 bits per heavy atom. The molecule has 0 spiro atoms. The second-order valence-corrected chi connectivity index (χ2v) is 9.95. The highest BCUT2D eigenvalue weighted by Crippen LogP contribution is 2.29. The smallest absolute Gasteiger partial charge is 0.235 e. The fourth-order valence-corrected chi connectivity index (χ4v) is 4.42. The number of carbonyl (C=O) groups excluding carboxylic acids is 1. The van der Waals surface area contributed by atoms with Gasteiger partial charge in [-0.2, -0.15) is 5.26 Å². The van der Waals surface area contributed by atoms with E-state index in [0.29, 0.717) is 23.7 Å². The molecule has 2 aromatic rings. The third-order valence-corrected chi connectivity index (χ3v) is 6.71. The molecule has 1 aliphatic heterocycles. The standard InChI is InChI=1S/C24H31N3O2S/c1-16-17(2)27(14-19-7-6-12-29-19)23(21(16)13-25)26-22(28)15-30-20-10-8-18(9-11-20)24(3,4)5/h8-11,19H,6-7,12,14-15H2,1-5H3,(H,26,28). The fourth-order valence-electron chi connectivity index (χ4n) is 3.72. The van der Waals surface area contributed by atoms with E-state index < -0.39 is 0 Å². The van der Waals surface area contributed by atoms with E-state index in [1.807, 2.05) is 18.4 Å². The summed E-state index contributed by atoms with van der Waals surface area (Å²) >= 11 is 1.50. The van der Waals surface area contributed by atoms with Gasteiger partial charge in [-0.05, 0) is 55.4 Å². The van der Waals surface area contributed by atoms with Gasteiger partial charge in [0.2, 0.25) is 5.91 Å². The van der Waals surface area contributed by atoms with Crippen molar-refractivity contribution in [2.45, 2.75) is 70.4 Å². The maximum Gasteiger partial charge on any atom is 0.235 e. The van der Waals surface area contributed by atoms with Crippen molar-refractivity contribution in [3.8, 4) is 6.07 Å². The molecule has 1 aromatic carbocycles. The second-order valence-electron chi connectivity index (χ2n) is 8.90. The summed E-state index contributed by atoms with van der Waals surface area (Å²) in [7, 11) is 0. The number of nitrogens with one attached hydrogen (secondary N) is 1. The summed E-state index contributed by atoms with van der Waals surface area (Å²) in [5, 5.41) is 12.7. The molecule has 1 atom stereocenters. The van der Waals surface area contributed by atoms with E-state index in [0.717, 1.165) is 35.6 Å². The van der Waals surface area contributed by atoms with Gasteiger partial charge in [0.1, 0.15) is 11.9 Å². The van der Waals surface area contributed by atoms with Crippen molar-refractivity contribution < 1.29 is 9.53 Å². The lowest BCUT2D eigenvalue weighted by Crippen LogP contribution is -2.22. The molecule has 2 heterocycles. The minimum Gasteiger partial charge on any atom is -0.376 e. The number of nitriles is 1. The number of hydrogen-bond acceptors (Lipinski definition) is 4. The zero-order valence-electron chi connectivity index (χ0n) is 18.5. The largest absolute Gasteiger partial charge is 0.376 e. The van der Waals surface area contributed by atoms with Gasteiger partial charge >= 0.3 is 0 Å². The Hall–Kier alpha value is -2.23. The van der Waals surface area contributed by atoms with Gasteiger partial charge in [-0.15, -0.1) is 11.8 Å². The Morgan fingerprint density at radius 3 is 2.57 bits per heavy atom. The van der Waals surface area contributed by atoms with E-state index in [1.165, 1.54) is 17.3 Å². The Morgan fingerprint density at radius 1 is 1.30 bits per heavy atom. The van der Waals surface area contributed by atoms with Crippen LogP contribution in [-0.4, -0.2) is 28.9 Å². The number of amides is 1. The molecule has 1 unspecified atom stereocenters. The molecular weight excluding hydrogens is 394 g/mol. The average Bonchev–Trinajstić information content (AvgIpc) is 3.29. The number of hydrogen-bond donors (Lipinski definition) is 1. The van der Waals surface area contributed by atoms with Crippen molar-refractivity contribution in [1.29, 1.82) is 5.26 Å². The van der Waals surface area contributed by atoms with E-state index in [9.17, 15) is 10.1 Å². The van der Waals surface area contributed by atoms with Crippen molar-refractivity contribution in [1.82, 2.24) is 4.57 Å². The number of thioether (sulfide) groups is 1. The fraction of sp³-hybridized carbons (Fsp3) is 0.500. The highest BCUT2D eigenvalue weighted by Gasteiger charge is 2.24. The quantitative estimate of drug-likeness (QED) is 0.647. The minimum atomic E-state index is -0.109. The molecule has 1 fully saturated rings. The Kier molecular flexibility index (Phi) is 6.95. The van der Waals surface area contributed by atoms with Gasteiger partial charge in [-0.25, -0.2) is 0 Å². The van der Waals surface area contributed by atoms with Crippen LogP contribution in [0.2, 0.25) is 0 Å². The van der Waals surface area contributed by atoms with Gasteiger partial charge < -0.3 is 14.6 Å². The lowest BCUT2D eigenvalue weighted by atomic mass is 9.87. The molecule has 1 aliphatic rings. The molecule has 1 amide bonds. The van der Waals surface area contributed by atoms with E-state index in [1.54, 1.807) is 0 Å². The van der Waals surface area contributed by atoms with Crippen LogP contribution in [0.1, 0.15) is 56.0 Å². The van der Waals surface area contributed by atoms with Crippen molar-refractivity contribution in [2.24, 2.45) is 0 Å². The SMILES string of the molecule is Cc1c(C#N)c(NC(=O)CSc2ccc(C(C)(C)C)cc2)n(CC2CCCO2)c1C. The van der Waals surface area contributed by atoms with Crippen LogP contribution < -0.4 is 5.32 Å². The molecule has 5 nitrogen and oxygen atoms in total. The molecule has 0 bridgehead atoms. The molecule has 1 N–H and O–H groups in total. The second kappa shape index (κ2) is 9.28. The van der Waals surface area contributed by atoms with Crippen LogP contribution in [-0.2, 0) is 21.5 Å². The number of anilines is 1. The van der Waals surface area contributed by atoms with Crippen LogP contribution >= 0.6 is 11.8 Å². The molecule has 0 saturated carbocycles. The zero-order chi connectivity index (χ0) is 21.9. The number of benzene rings is 1. The number of nitrogens with zero attached hydrogens (tertiary/aromatic N) is 2. The zero-order valence-corrected chi connectivity index (χ0v) is 19.4. The molecule has 6 heteroatoms. The van der Waals surface area contributed by atoms with Gasteiger partial charge in [0.05, 0.1) is 24.0 Å². The average molecular weight is 426 g/mol. The summed E-state index contributed by atoms with van der Waals surface area (Å²) in [5.41, 5.74) is 3.84. The van der Waals surface area contributed by atoms with Crippen LogP contribution in [0, 0.1) is 25.2 Å². The Bertz CT molecular complexity index is 943. The first kappa shape index (κ1) is 22.5. The normalized spacial score (nSPS) is 16.5. The number of ether oxygens (including phenoxy) is 1. The van der Waals surface area contributed by atoms with Crippen LogP contribution in [0.25, 0.3) is 0 Å². The highest BCUT2D eigenvalue weighted by atomic mass is 32.2. The first-order valence-corrected chi connectivity index (χ1v) is 11.4. The summed E-state index contributed by atoms with van der Waals surface area (Å²) in [6.45, 7) is 11.9. The molecule has 30 heavy (non-hydrogen) atoms. The summed E-state index contributed by atoms with van der Waals surface area (Å²) in [4.78, 5) is 13.8. The predicted octanol–water partition coefficient (Wildman–Crippen LogP) is 5.18. The molecule has 3 rings (SSSR count). The Balaban J connectivity index is 1.69. The number of aromatic nitrogens is 1. The first-order valence-electron chi connectivity index (χ1n) is 10.4. The summed E-state index contributed by atoms with van der Waals surface area (Å²) in [6.07, 6.45) is 2.20. The molecule has 1 aromatic heterocycles. The van der Waals surface area contributed by atoms with Crippen LogP contribution in [0.3, 0.4) is 0 Å². The van der Waals surface area contributed by atoms with Crippen molar-refractivity contribution in [3.63, 3.8) is 0 Å². The maximum atomic E-state index is 12.7.